The van der Waals surface area contributed by atoms with Gasteiger partial charge < -0.3 is 21.3 Å². The molecule has 4 nitrogen and oxygen atoms in total. The van der Waals surface area contributed by atoms with Gasteiger partial charge >= 0.3 is 0 Å². The highest BCUT2D eigenvalue weighted by Gasteiger charge is 2.25. The molecule has 1 unspecified atom stereocenters. The Morgan fingerprint density at radius 2 is 0.972 bits per heavy atom. The smallest absolute Gasteiger partial charge is 0.0179 e. The highest BCUT2D eigenvalue weighted by atomic mass is 15.0. The van der Waals surface area contributed by atoms with E-state index in [4.69, 9.17) is 0 Å². The zero-order valence-electron chi connectivity index (χ0n) is 26.5. The standard InChI is InChI=1S/C32H68N4/c1-11-29(7,8)33-25-19-17-23-31(10,14-4)35-27-21-22-28-36-32(15-5,16-6)24-18-20-26-34-30(9,12-2)13-3/h21-22,33-36H,11-20,23-28H2,1-10H3/b22-21+. The molecule has 36 heavy (non-hydrogen) atoms. The van der Waals surface area contributed by atoms with E-state index < -0.39 is 0 Å². The molecule has 0 heterocycles. The lowest BCUT2D eigenvalue weighted by molar-refractivity contribution is 0.274. The van der Waals surface area contributed by atoms with E-state index in [0.29, 0.717) is 5.54 Å². The van der Waals surface area contributed by atoms with Gasteiger partial charge in [0.15, 0.2) is 0 Å². The first-order valence-corrected chi connectivity index (χ1v) is 15.6. The van der Waals surface area contributed by atoms with Crippen LogP contribution in [0.15, 0.2) is 12.2 Å². The van der Waals surface area contributed by atoms with E-state index in [9.17, 15) is 0 Å². The van der Waals surface area contributed by atoms with Gasteiger partial charge in [-0.05, 0) is 105 Å². The van der Waals surface area contributed by atoms with Crippen LogP contribution in [0.3, 0.4) is 0 Å². The van der Waals surface area contributed by atoms with Crippen molar-refractivity contribution in [3.8, 4) is 0 Å². The molecule has 4 heteroatoms. The summed E-state index contributed by atoms with van der Waals surface area (Å²) in [7, 11) is 0. The summed E-state index contributed by atoms with van der Waals surface area (Å²) in [5, 5.41) is 15.2. The van der Waals surface area contributed by atoms with Crippen LogP contribution in [-0.2, 0) is 0 Å². The Morgan fingerprint density at radius 3 is 1.47 bits per heavy atom. The Balaban J connectivity index is 4.32. The summed E-state index contributed by atoms with van der Waals surface area (Å²) in [6.07, 6.45) is 19.4. The van der Waals surface area contributed by atoms with Gasteiger partial charge in [0.2, 0.25) is 0 Å². The molecule has 0 fully saturated rings. The predicted molar refractivity (Wildman–Crippen MR) is 164 cm³/mol. The van der Waals surface area contributed by atoms with Gasteiger partial charge in [-0.1, -0.05) is 66.5 Å². The lowest BCUT2D eigenvalue weighted by Gasteiger charge is -2.33. The number of hydrogen-bond acceptors (Lipinski definition) is 4. The minimum Gasteiger partial charge on any atom is -0.312 e. The Hall–Kier alpha value is -0.420. The lowest BCUT2D eigenvalue weighted by atomic mass is 9.86. The molecule has 216 valence electrons. The van der Waals surface area contributed by atoms with E-state index >= 15 is 0 Å². The Kier molecular flexibility index (Phi) is 18.5. The molecule has 0 saturated carbocycles. The van der Waals surface area contributed by atoms with Crippen LogP contribution in [0, 0.1) is 0 Å². The molecular weight excluding hydrogens is 440 g/mol. The molecule has 0 aliphatic heterocycles. The molecule has 0 aliphatic rings. The van der Waals surface area contributed by atoms with Gasteiger partial charge in [0.05, 0.1) is 0 Å². The fourth-order valence-electron chi connectivity index (χ4n) is 4.75. The summed E-state index contributed by atoms with van der Waals surface area (Å²) in [5.74, 6) is 0. The van der Waals surface area contributed by atoms with Crippen molar-refractivity contribution in [1.82, 2.24) is 21.3 Å². The topological polar surface area (TPSA) is 48.1 Å². The molecular formula is C32H68N4. The zero-order valence-corrected chi connectivity index (χ0v) is 26.5. The van der Waals surface area contributed by atoms with Gasteiger partial charge in [0.1, 0.15) is 0 Å². The van der Waals surface area contributed by atoms with Crippen molar-refractivity contribution in [3.05, 3.63) is 12.2 Å². The summed E-state index contributed by atoms with van der Waals surface area (Å²) in [6, 6.07) is 0. The molecule has 0 aromatic carbocycles. The maximum absolute atomic E-state index is 3.90. The third-order valence-electron chi connectivity index (χ3n) is 9.38. The Labute approximate surface area is 228 Å². The van der Waals surface area contributed by atoms with Crippen LogP contribution in [0.2, 0.25) is 0 Å². The molecule has 0 aliphatic carbocycles. The molecule has 0 aromatic rings. The van der Waals surface area contributed by atoms with Crippen LogP contribution in [0.25, 0.3) is 0 Å². The van der Waals surface area contributed by atoms with Crippen molar-refractivity contribution >= 4 is 0 Å². The van der Waals surface area contributed by atoms with Gasteiger partial charge in [-0.15, -0.1) is 0 Å². The highest BCUT2D eigenvalue weighted by Crippen LogP contribution is 2.23. The molecule has 0 spiro atoms. The van der Waals surface area contributed by atoms with Crippen molar-refractivity contribution in [3.63, 3.8) is 0 Å². The second-order valence-corrected chi connectivity index (χ2v) is 12.4. The summed E-state index contributed by atoms with van der Waals surface area (Å²) in [4.78, 5) is 0. The Bertz CT molecular complexity index is 548. The van der Waals surface area contributed by atoms with Gasteiger partial charge in [0, 0.05) is 35.2 Å². The minimum atomic E-state index is 0.230. The lowest BCUT2D eigenvalue weighted by Crippen LogP contribution is -2.45. The van der Waals surface area contributed by atoms with E-state index in [2.05, 4.69) is 103 Å². The average molecular weight is 509 g/mol. The SMILES string of the molecule is CCC(C)(C)NCCCCC(C)(CC)NC/C=C/CNC(CC)(CC)CCCCNC(C)(CC)CC. The largest absolute Gasteiger partial charge is 0.312 e. The van der Waals surface area contributed by atoms with Crippen molar-refractivity contribution in [2.75, 3.05) is 26.2 Å². The van der Waals surface area contributed by atoms with Crippen molar-refractivity contribution < 1.29 is 0 Å². The maximum atomic E-state index is 3.90. The minimum absolute atomic E-state index is 0.230. The molecule has 0 amide bonds. The van der Waals surface area contributed by atoms with Gasteiger partial charge in [-0.25, -0.2) is 0 Å². The van der Waals surface area contributed by atoms with Gasteiger partial charge in [-0.3, -0.25) is 0 Å². The van der Waals surface area contributed by atoms with Crippen LogP contribution >= 0.6 is 0 Å². The second-order valence-electron chi connectivity index (χ2n) is 12.4. The number of hydrogen-bond donors (Lipinski definition) is 4. The molecule has 0 rings (SSSR count). The summed E-state index contributed by atoms with van der Waals surface area (Å²) in [6.45, 7) is 27.4. The van der Waals surface area contributed by atoms with Crippen LogP contribution in [-0.4, -0.2) is 48.3 Å². The normalized spacial score (nSPS) is 15.1. The van der Waals surface area contributed by atoms with Crippen molar-refractivity contribution in [2.24, 2.45) is 0 Å². The summed E-state index contributed by atoms with van der Waals surface area (Å²) in [5.41, 5.74) is 1.07. The van der Waals surface area contributed by atoms with Crippen LogP contribution in [0.1, 0.15) is 146 Å². The highest BCUT2D eigenvalue weighted by molar-refractivity contribution is 4.94. The summed E-state index contributed by atoms with van der Waals surface area (Å²) < 4.78 is 0. The molecule has 4 N–H and O–H groups in total. The molecule has 0 aromatic heterocycles. The van der Waals surface area contributed by atoms with E-state index in [1.807, 2.05) is 0 Å². The van der Waals surface area contributed by atoms with Crippen molar-refractivity contribution in [1.29, 1.82) is 0 Å². The first-order valence-electron chi connectivity index (χ1n) is 15.6. The number of unbranched alkanes of at least 4 members (excludes halogenated alkanes) is 2. The van der Waals surface area contributed by atoms with E-state index in [0.717, 1.165) is 26.2 Å². The quantitative estimate of drug-likeness (QED) is 0.0795. The fraction of sp³-hybridized carbons (Fsp3) is 0.938. The van der Waals surface area contributed by atoms with E-state index in [1.54, 1.807) is 0 Å². The number of nitrogens with one attached hydrogen (secondary N) is 4. The molecule has 1 atom stereocenters. The van der Waals surface area contributed by atoms with Gasteiger partial charge in [0.25, 0.3) is 0 Å². The third-order valence-corrected chi connectivity index (χ3v) is 9.38. The van der Waals surface area contributed by atoms with E-state index in [-0.39, 0.29) is 16.6 Å². The van der Waals surface area contributed by atoms with Crippen LogP contribution in [0.4, 0.5) is 0 Å². The number of rotatable bonds is 24. The third kappa shape index (κ3) is 15.1. The maximum Gasteiger partial charge on any atom is 0.0179 e. The van der Waals surface area contributed by atoms with Gasteiger partial charge in [-0.2, -0.15) is 0 Å². The first-order chi connectivity index (χ1) is 17.0. The monoisotopic (exact) mass is 509 g/mol. The molecule has 0 saturated heterocycles. The summed E-state index contributed by atoms with van der Waals surface area (Å²) >= 11 is 0. The van der Waals surface area contributed by atoms with Crippen molar-refractivity contribution in [2.45, 2.75) is 168 Å². The Morgan fingerprint density at radius 1 is 0.472 bits per heavy atom. The fourth-order valence-corrected chi connectivity index (χ4v) is 4.75. The predicted octanol–water partition coefficient (Wildman–Crippen LogP) is 7.74. The second kappa shape index (κ2) is 18.8. The molecule has 0 radical (unpaired) electrons. The van der Waals surface area contributed by atoms with Crippen LogP contribution < -0.4 is 21.3 Å². The van der Waals surface area contributed by atoms with Crippen LogP contribution in [0.5, 0.6) is 0 Å². The average Bonchev–Trinajstić information content (AvgIpc) is 2.88. The molecule has 0 bridgehead atoms. The zero-order chi connectivity index (χ0) is 27.6. The van der Waals surface area contributed by atoms with E-state index in [1.165, 1.54) is 77.0 Å². The first kappa shape index (κ1) is 35.6.